The third kappa shape index (κ3) is 4.83. The van der Waals surface area contributed by atoms with Crippen LogP contribution in [0.3, 0.4) is 0 Å². The van der Waals surface area contributed by atoms with E-state index in [0.717, 1.165) is 0 Å². The van der Waals surface area contributed by atoms with E-state index in [1.165, 1.54) is 0 Å². The van der Waals surface area contributed by atoms with E-state index < -0.39 is 57.3 Å². The molecule has 0 saturated heterocycles. The summed E-state index contributed by atoms with van der Waals surface area (Å²) < 4.78 is 210. The van der Waals surface area contributed by atoms with E-state index in [4.69, 9.17) is 4.55 Å². The summed E-state index contributed by atoms with van der Waals surface area (Å²) >= 11 is 0. The summed E-state index contributed by atoms with van der Waals surface area (Å²) in [6, 6.07) is 5.72. The van der Waals surface area contributed by atoms with Crippen molar-refractivity contribution < 1.29 is 74.4 Å². The number of hydrogen-bond acceptors (Lipinski definition) is 3. The summed E-state index contributed by atoms with van der Waals surface area (Å²) in [6.07, 6.45) is 1.09. The lowest BCUT2D eigenvalue weighted by Crippen LogP contribution is -2.73. The second kappa shape index (κ2) is 9.03. The SMILES string of the molecule is CCC(F)(F)C(F)(F)C(F)(F)C(F)(F)C(F)(F)C(F)(F)C(F)(F)S(=O)(=O)O.c1ccncc1. The molecule has 19 heteroatoms. The van der Waals surface area contributed by atoms with Crippen molar-refractivity contribution in [2.24, 2.45) is 0 Å². The third-order valence-electron chi connectivity index (χ3n) is 3.74. The molecule has 0 radical (unpaired) electrons. The molecule has 4 nitrogen and oxygen atoms in total. The van der Waals surface area contributed by atoms with E-state index >= 15 is 0 Å². The zero-order chi connectivity index (χ0) is 26.9. The van der Waals surface area contributed by atoms with Gasteiger partial charge in [0.25, 0.3) is 0 Å². The van der Waals surface area contributed by atoms with E-state index in [0.29, 0.717) is 0 Å². The maximum Gasteiger partial charge on any atom is 0.438 e. The number of pyridine rings is 1. The molecule has 0 unspecified atom stereocenters. The predicted molar refractivity (Wildman–Crippen MR) is 80.7 cm³/mol. The molecule has 0 fully saturated rings. The summed E-state index contributed by atoms with van der Waals surface area (Å²) in [4.78, 5) is 3.78. The predicted octanol–water partition coefficient (Wildman–Crippen LogP) is 5.77. The first-order valence-electron chi connectivity index (χ1n) is 7.78. The molecule has 1 aromatic heterocycles. The molecule has 1 aromatic rings. The first-order chi connectivity index (χ1) is 14.3. The van der Waals surface area contributed by atoms with Crippen LogP contribution in [-0.4, -0.2) is 58.7 Å². The Balaban J connectivity index is 0.00000146. The van der Waals surface area contributed by atoms with Gasteiger partial charge in [0.05, 0.1) is 0 Å². The van der Waals surface area contributed by atoms with E-state index in [1.54, 1.807) is 12.4 Å². The molecule has 0 amide bonds. The molecule has 0 aromatic carbocycles. The van der Waals surface area contributed by atoms with Crippen molar-refractivity contribution in [3.05, 3.63) is 30.6 Å². The fourth-order valence-corrected chi connectivity index (χ4v) is 2.15. The highest BCUT2D eigenvalue weighted by atomic mass is 32.2. The number of aromatic nitrogens is 1. The first-order valence-corrected chi connectivity index (χ1v) is 9.22. The van der Waals surface area contributed by atoms with Crippen LogP contribution in [0.15, 0.2) is 30.6 Å². The molecule has 0 bridgehead atoms. The van der Waals surface area contributed by atoms with Crippen molar-refractivity contribution >= 4 is 10.1 Å². The average molecular weight is 539 g/mol. The monoisotopic (exact) mass is 539 g/mol. The number of rotatable bonds is 8. The molecule has 1 N–H and O–H groups in total. The van der Waals surface area contributed by atoms with Crippen molar-refractivity contribution in [2.75, 3.05) is 0 Å². The van der Waals surface area contributed by atoms with Gasteiger partial charge in [0.2, 0.25) is 0 Å². The van der Waals surface area contributed by atoms with Crippen LogP contribution in [0.2, 0.25) is 0 Å². The van der Waals surface area contributed by atoms with Gasteiger partial charge < -0.3 is 0 Å². The van der Waals surface area contributed by atoms with Gasteiger partial charge in [-0.25, -0.2) is 0 Å². The molecule has 33 heavy (non-hydrogen) atoms. The normalized spacial score (nSPS) is 15.0. The summed E-state index contributed by atoms with van der Waals surface area (Å²) in [5, 5.41) is -7.61. The van der Waals surface area contributed by atoms with Gasteiger partial charge in [-0.1, -0.05) is 13.0 Å². The maximum atomic E-state index is 13.2. The molecule has 0 aliphatic heterocycles. The highest BCUT2D eigenvalue weighted by molar-refractivity contribution is 7.87. The molecule has 0 aliphatic rings. The van der Waals surface area contributed by atoms with Crippen molar-refractivity contribution in [3.63, 3.8) is 0 Å². The largest absolute Gasteiger partial charge is 0.438 e. The first kappa shape index (κ1) is 31.1. The summed E-state index contributed by atoms with van der Waals surface area (Å²) in [5.74, 6) is -46.7. The van der Waals surface area contributed by atoms with Crippen LogP contribution in [0.1, 0.15) is 13.3 Å². The van der Waals surface area contributed by atoms with E-state index in [1.807, 2.05) is 18.2 Å². The summed E-state index contributed by atoms with van der Waals surface area (Å²) in [6.45, 7) is -0.0264. The van der Waals surface area contributed by atoms with Crippen LogP contribution in [0.25, 0.3) is 0 Å². The number of halogens is 14. The van der Waals surface area contributed by atoms with Gasteiger partial charge in [-0.15, -0.1) is 0 Å². The van der Waals surface area contributed by atoms with Gasteiger partial charge in [0.1, 0.15) is 0 Å². The minimum Gasteiger partial charge on any atom is -0.281 e. The van der Waals surface area contributed by atoms with Gasteiger partial charge in [-0.2, -0.15) is 69.9 Å². The zero-order valence-electron chi connectivity index (χ0n) is 15.5. The molecule has 0 spiro atoms. The van der Waals surface area contributed by atoms with Crippen molar-refractivity contribution in [3.8, 4) is 0 Å². The second-order valence-corrected chi connectivity index (χ2v) is 7.41. The van der Waals surface area contributed by atoms with Crippen LogP contribution in [0.4, 0.5) is 61.5 Å². The van der Waals surface area contributed by atoms with Crippen LogP contribution in [0, 0.1) is 0 Å². The van der Waals surface area contributed by atoms with E-state index in [9.17, 15) is 69.9 Å². The number of hydrogen-bond donors (Lipinski definition) is 1. The lowest BCUT2D eigenvalue weighted by Gasteiger charge is -2.42. The van der Waals surface area contributed by atoms with Crippen LogP contribution < -0.4 is 0 Å². The van der Waals surface area contributed by atoms with Gasteiger partial charge in [0.15, 0.2) is 0 Å². The molecular formula is C14H11F14NO3S. The second-order valence-electron chi connectivity index (χ2n) is 5.95. The highest BCUT2D eigenvalue weighted by Crippen LogP contribution is 2.62. The van der Waals surface area contributed by atoms with Gasteiger partial charge in [-0.05, 0) is 12.1 Å². The average Bonchev–Trinajstić information content (AvgIpc) is 2.67. The van der Waals surface area contributed by atoms with Crippen molar-refractivity contribution in [1.82, 2.24) is 4.98 Å². The Morgan fingerprint density at radius 3 is 1.21 bits per heavy atom. The van der Waals surface area contributed by atoms with E-state index in [-0.39, 0.29) is 6.92 Å². The third-order valence-corrected chi connectivity index (χ3v) is 4.64. The number of nitrogens with zero attached hydrogens (tertiary/aromatic N) is 1. The Bertz CT molecular complexity index is 863. The fourth-order valence-electron chi connectivity index (χ4n) is 1.70. The number of alkyl halides is 14. The molecule has 0 aliphatic carbocycles. The zero-order valence-corrected chi connectivity index (χ0v) is 16.3. The van der Waals surface area contributed by atoms with Crippen LogP contribution >= 0.6 is 0 Å². The lowest BCUT2D eigenvalue weighted by molar-refractivity contribution is -0.435. The quantitative estimate of drug-likeness (QED) is 0.337. The Labute approximate surface area is 175 Å². The summed E-state index contributed by atoms with van der Waals surface area (Å²) in [5.41, 5.74) is 0. The Morgan fingerprint density at radius 1 is 0.636 bits per heavy atom. The molecule has 0 saturated carbocycles. The van der Waals surface area contributed by atoms with Gasteiger partial charge >= 0.3 is 50.9 Å². The van der Waals surface area contributed by atoms with Gasteiger partial charge in [0, 0.05) is 18.8 Å². The minimum atomic E-state index is -8.38. The topological polar surface area (TPSA) is 67.3 Å². The maximum absolute atomic E-state index is 13.2. The van der Waals surface area contributed by atoms with E-state index in [2.05, 4.69) is 4.98 Å². The molecule has 194 valence electrons. The van der Waals surface area contributed by atoms with Crippen molar-refractivity contribution in [1.29, 1.82) is 0 Å². The molecule has 0 atom stereocenters. The lowest BCUT2D eigenvalue weighted by atomic mass is 9.90. The minimum absolute atomic E-state index is 0.0264. The van der Waals surface area contributed by atoms with Crippen LogP contribution in [0.5, 0.6) is 0 Å². The van der Waals surface area contributed by atoms with Crippen LogP contribution in [-0.2, 0) is 10.1 Å². The summed E-state index contributed by atoms with van der Waals surface area (Å²) in [7, 11) is -7.69. The Kier molecular flexibility index (Phi) is 8.50. The molecule has 1 heterocycles. The Morgan fingerprint density at radius 2 is 0.970 bits per heavy atom. The smallest absolute Gasteiger partial charge is 0.281 e. The standard InChI is InChI=1S/C9H6F14O3S.C5H5N/c1-2-3(10,11)4(12,13)5(14,15)6(16,17)7(18,19)8(20,21)9(22,23)27(24,25)26;1-2-4-6-5-3-1/h2H2,1H3,(H,24,25,26);1-5H. The molecular weight excluding hydrogens is 528 g/mol. The highest BCUT2D eigenvalue weighted by Gasteiger charge is 2.94. The van der Waals surface area contributed by atoms with Crippen molar-refractivity contribution in [2.45, 2.75) is 54.1 Å². The molecule has 1 rings (SSSR count). The fraction of sp³-hybridized carbons (Fsp3) is 0.643. The van der Waals surface area contributed by atoms with Gasteiger partial charge in [-0.3, -0.25) is 9.54 Å². The Hall–Kier alpha value is -1.92.